The van der Waals surface area contributed by atoms with Crippen molar-refractivity contribution in [3.05, 3.63) is 36.0 Å². The summed E-state index contributed by atoms with van der Waals surface area (Å²) < 4.78 is 5.11. The Hall–Kier alpha value is -2.83. The number of nitrogens with zero attached hydrogens (tertiary/aromatic N) is 1. The molecule has 0 unspecified atom stereocenters. The van der Waals surface area contributed by atoms with E-state index in [1.165, 1.54) is 0 Å². The summed E-state index contributed by atoms with van der Waals surface area (Å²) in [5, 5.41) is 18.8. The fraction of sp³-hybridized carbons (Fsp3) is 0.353. The van der Waals surface area contributed by atoms with Crippen LogP contribution >= 0.6 is 0 Å². The van der Waals surface area contributed by atoms with E-state index in [-0.39, 0.29) is 17.9 Å². The van der Waals surface area contributed by atoms with Gasteiger partial charge in [0.1, 0.15) is 11.4 Å². The van der Waals surface area contributed by atoms with Crippen LogP contribution in [0.4, 0.5) is 0 Å². The Balaban J connectivity index is 1.64. The van der Waals surface area contributed by atoms with E-state index in [4.69, 9.17) is 9.84 Å². The maximum Gasteiger partial charge on any atom is 0.306 e. The number of methoxy groups -OCH3 is 1. The van der Waals surface area contributed by atoms with Gasteiger partial charge in [-0.2, -0.15) is 5.10 Å². The van der Waals surface area contributed by atoms with Crippen molar-refractivity contribution in [1.29, 1.82) is 0 Å². The summed E-state index contributed by atoms with van der Waals surface area (Å²) in [5.74, 6) is -0.679. The number of rotatable bonds is 5. The smallest absolute Gasteiger partial charge is 0.306 e. The molecule has 24 heavy (non-hydrogen) atoms. The summed E-state index contributed by atoms with van der Waals surface area (Å²) in [4.78, 5) is 23.2. The first kappa shape index (κ1) is 16.0. The molecule has 0 bridgehead atoms. The lowest BCUT2D eigenvalue weighted by Crippen LogP contribution is -2.33. The van der Waals surface area contributed by atoms with Gasteiger partial charge in [-0.25, -0.2) is 0 Å². The predicted octanol–water partition coefficient (Wildman–Crippen LogP) is 2.07. The van der Waals surface area contributed by atoms with Crippen molar-refractivity contribution in [3.8, 4) is 17.0 Å². The molecule has 126 valence electrons. The van der Waals surface area contributed by atoms with Crippen LogP contribution in [0.15, 0.2) is 30.3 Å². The lowest BCUT2D eigenvalue weighted by molar-refractivity contribution is -0.141. The number of hydrogen-bond donors (Lipinski definition) is 3. The van der Waals surface area contributed by atoms with Crippen LogP contribution in [-0.4, -0.2) is 40.3 Å². The fourth-order valence-corrected chi connectivity index (χ4v) is 2.95. The van der Waals surface area contributed by atoms with Gasteiger partial charge in [0.15, 0.2) is 0 Å². The van der Waals surface area contributed by atoms with Gasteiger partial charge >= 0.3 is 5.97 Å². The average Bonchev–Trinajstić information content (AvgIpc) is 3.24. The van der Waals surface area contributed by atoms with Gasteiger partial charge in [0.25, 0.3) is 5.91 Å². The molecule has 0 radical (unpaired) electrons. The van der Waals surface area contributed by atoms with Crippen molar-refractivity contribution in [1.82, 2.24) is 15.5 Å². The first-order chi connectivity index (χ1) is 11.6. The molecule has 3 N–H and O–H groups in total. The number of benzene rings is 1. The second-order valence-corrected chi connectivity index (χ2v) is 5.91. The number of carbonyl (C=O) groups is 2. The van der Waals surface area contributed by atoms with E-state index in [0.717, 1.165) is 11.3 Å². The van der Waals surface area contributed by atoms with Crippen LogP contribution in [0.25, 0.3) is 11.3 Å². The second-order valence-electron chi connectivity index (χ2n) is 5.91. The number of aromatic amines is 1. The number of carbonyl (C=O) groups excluding carboxylic acids is 1. The monoisotopic (exact) mass is 329 g/mol. The number of aliphatic carboxylic acids is 1. The van der Waals surface area contributed by atoms with E-state index < -0.39 is 5.97 Å². The van der Waals surface area contributed by atoms with Gasteiger partial charge in [0.05, 0.1) is 18.7 Å². The molecule has 0 spiro atoms. The summed E-state index contributed by atoms with van der Waals surface area (Å²) in [6, 6.07) is 8.96. The molecule has 2 atom stereocenters. The van der Waals surface area contributed by atoms with E-state index in [1.54, 1.807) is 13.2 Å². The molecule has 1 aliphatic carbocycles. The van der Waals surface area contributed by atoms with Gasteiger partial charge in [0, 0.05) is 11.6 Å². The van der Waals surface area contributed by atoms with Crippen molar-refractivity contribution in [3.63, 3.8) is 0 Å². The molecule has 2 aromatic rings. The van der Waals surface area contributed by atoms with Crippen molar-refractivity contribution < 1.29 is 19.4 Å². The zero-order chi connectivity index (χ0) is 17.1. The Bertz CT molecular complexity index is 739. The molecular weight excluding hydrogens is 310 g/mol. The fourth-order valence-electron chi connectivity index (χ4n) is 2.95. The van der Waals surface area contributed by atoms with Gasteiger partial charge in [-0.05, 0) is 49.6 Å². The van der Waals surface area contributed by atoms with Crippen molar-refractivity contribution in [2.75, 3.05) is 7.11 Å². The molecular formula is C17H19N3O4. The molecule has 7 heteroatoms. The highest BCUT2D eigenvalue weighted by atomic mass is 16.5. The van der Waals surface area contributed by atoms with Crippen molar-refractivity contribution in [2.24, 2.45) is 5.92 Å². The standard InChI is InChI=1S/C17H19N3O4/c1-24-13-6-3-10(4-7-13)14-9-15(20-19-14)16(21)18-12-5-2-11(8-12)17(22)23/h3-4,6-7,9,11-12H,2,5,8H2,1H3,(H,18,21)(H,19,20)(H,22,23)/t11-,12+/m0/s1. The molecule has 0 aliphatic heterocycles. The summed E-state index contributed by atoms with van der Waals surface area (Å²) in [5.41, 5.74) is 1.90. The predicted molar refractivity (Wildman–Crippen MR) is 86.8 cm³/mol. The molecule has 7 nitrogen and oxygen atoms in total. The number of carboxylic acid groups (broad SMARTS) is 1. The minimum Gasteiger partial charge on any atom is -0.497 e. The summed E-state index contributed by atoms with van der Waals surface area (Å²) in [7, 11) is 1.60. The quantitative estimate of drug-likeness (QED) is 0.779. The zero-order valence-corrected chi connectivity index (χ0v) is 13.3. The molecule has 1 aromatic carbocycles. The highest BCUT2D eigenvalue weighted by molar-refractivity contribution is 5.93. The van der Waals surface area contributed by atoms with Gasteiger partial charge < -0.3 is 15.2 Å². The summed E-state index contributed by atoms with van der Waals surface area (Å²) >= 11 is 0. The van der Waals surface area contributed by atoms with Crippen LogP contribution < -0.4 is 10.1 Å². The van der Waals surface area contributed by atoms with Crippen LogP contribution in [0, 0.1) is 5.92 Å². The van der Waals surface area contributed by atoms with Crippen LogP contribution in [0.1, 0.15) is 29.8 Å². The molecule has 1 saturated carbocycles. The minimum absolute atomic E-state index is 0.105. The van der Waals surface area contributed by atoms with Crippen LogP contribution in [0.3, 0.4) is 0 Å². The molecule has 3 rings (SSSR count). The number of hydrogen-bond acceptors (Lipinski definition) is 4. The number of H-pyrrole nitrogens is 1. The molecule has 1 amide bonds. The van der Waals surface area contributed by atoms with Crippen molar-refractivity contribution >= 4 is 11.9 Å². The van der Waals surface area contributed by atoms with Crippen LogP contribution in [0.2, 0.25) is 0 Å². The lowest BCUT2D eigenvalue weighted by atomic mass is 10.1. The van der Waals surface area contributed by atoms with E-state index in [0.29, 0.717) is 30.7 Å². The molecule has 0 saturated heterocycles. The highest BCUT2D eigenvalue weighted by Crippen LogP contribution is 2.26. The Labute approximate surface area is 139 Å². The number of nitrogens with one attached hydrogen (secondary N) is 2. The third-order valence-corrected chi connectivity index (χ3v) is 4.33. The normalized spacial score (nSPS) is 19.9. The lowest BCUT2D eigenvalue weighted by Gasteiger charge is -2.11. The summed E-state index contributed by atoms with van der Waals surface area (Å²) in [6.45, 7) is 0. The Morgan fingerprint density at radius 3 is 2.67 bits per heavy atom. The SMILES string of the molecule is COc1ccc(-c2cc(C(=O)N[C@@H]3CC[C@H](C(=O)O)C3)[nH]n2)cc1. The number of ether oxygens (including phenoxy) is 1. The Kier molecular flexibility index (Phi) is 4.50. The van der Waals surface area contributed by atoms with Crippen LogP contribution in [-0.2, 0) is 4.79 Å². The second kappa shape index (κ2) is 6.74. The Morgan fingerprint density at radius 2 is 2.04 bits per heavy atom. The van der Waals surface area contributed by atoms with Crippen molar-refractivity contribution in [2.45, 2.75) is 25.3 Å². The van der Waals surface area contributed by atoms with Gasteiger partial charge in [-0.15, -0.1) is 0 Å². The van der Waals surface area contributed by atoms with E-state index in [2.05, 4.69) is 15.5 Å². The van der Waals surface area contributed by atoms with E-state index >= 15 is 0 Å². The number of amides is 1. The Morgan fingerprint density at radius 1 is 1.29 bits per heavy atom. The van der Waals surface area contributed by atoms with Crippen LogP contribution in [0.5, 0.6) is 5.75 Å². The summed E-state index contributed by atoms with van der Waals surface area (Å²) in [6.07, 6.45) is 1.75. The third kappa shape index (κ3) is 3.40. The number of carboxylic acids is 1. The van der Waals surface area contributed by atoms with E-state index in [9.17, 15) is 9.59 Å². The maximum atomic E-state index is 12.3. The minimum atomic E-state index is -0.796. The maximum absolute atomic E-state index is 12.3. The third-order valence-electron chi connectivity index (χ3n) is 4.33. The van der Waals surface area contributed by atoms with Gasteiger partial charge in [-0.1, -0.05) is 0 Å². The molecule has 1 heterocycles. The first-order valence-corrected chi connectivity index (χ1v) is 7.80. The highest BCUT2D eigenvalue weighted by Gasteiger charge is 2.30. The largest absolute Gasteiger partial charge is 0.497 e. The zero-order valence-electron chi connectivity index (χ0n) is 13.3. The molecule has 1 fully saturated rings. The van der Waals surface area contributed by atoms with E-state index in [1.807, 2.05) is 24.3 Å². The first-order valence-electron chi connectivity index (χ1n) is 7.80. The van der Waals surface area contributed by atoms with Gasteiger partial charge in [-0.3, -0.25) is 14.7 Å². The topological polar surface area (TPSA) is 104 Å². The molecule has 1 aromatic heterocycles. The van der Waals surface area contributed by atoms with Gasteiger partial charge in [0.2, 0.25) is 0 Å². The number of aromatic nitrogens is 2. The average molecular weight is 329 g/mol. The molecule has 1 aliphatic rings.